The first kappa shape index (κ1) is 14.2. The third-order valence-corrected chi connectivity index (χ3v) is 4.60. The number of nitrogens with zero attached hydrogens (tertiary/aromatic N) is 1. The Kier molecular flexibility index (Phi) is 3.31. The average molecular weight is 368 g/mol. The third kappa shape index (κ3) is 2.37. The lowest BCUT2D eigenvalue weighted by Crippen LogP contribution is -2.21. The Morgan fingerprint density at radius 2 is 1.91 bits per heavy atom. The largest absolute Gasteiger partial charge is 0.340 e. The smallest absolute Gasteiger partial charge is 0.270 e. The van der Waals surface area contributed by atoms with E-state index in [2.05, 4.69) is 43.6 Å². The standard InChI is InChI=1S/C18H14BrN3O/c1-10-5-7-11(8-6-10)16-14-15(12-3-2-4-13(19)9-12)20-18(23)17(14)22-21-16/h2-9,15H,1H3,(H,20,23)(H,21,22)/t15-/m1/s1. The first-order chi connectivity index (χ1) is 11.1. The summed E-state index contributed by atoms with van der Waals surface area (Å²) in [6.07, 6.45) is 0. The summed E-state index contributed by atoms with van der Waals surface area (Å²) in [5, 5.41) is 10.3. The number of aromatic nitrogens is 2. The molecule has 114 valence electrons. The summed E-state index contributed by atoms with van der Waals surface area (Å²) in [7, 11) is 0. The molecule has 0 saturated heterocycles. The molecule has 0 spiro atoms. The van der Waals surface area contributed by atoms with Crippen LogP contribution in [-0.2, 0) is 0 Å². The van der Waals surface area contributed by atoms with Gasteiger partial charge in [-0.2, -0.15) is 5.10 Å². The number of hydrogen-bond acceptors (Lipinski definition) is 2. The number of aryl methyl sites for hydroxylation is 1. The topological polar surface area (TPSA) is 57.8 Å². The number of aromatic amines is 1. The summed E-state index contributed by atoms with van der Waals surface area (Å²) in [4.78, 5) is 12.2. The fraction of sp³-hybridized carbons (Fsp3) is 0.111. The highest BCUT2D eigenvalue weighted by Crippen LogP contribution is 2.37. The molecule has 0 unspecified atom stereocenters. The van der Waals surface area contributed by atoms with Gasteiger partial charge in [-0.05, 0) is 24.6 Å². The second kappa shape index (κ2) is 5.35. The van der Waals surface area contributed by atoms with Crippen LogP contribution in [0.4, 0.5) is 0 Å². The molecule has 0 bridgehead atoms. The zero-order chi connectivity index (χ0) is 16.0. The maximum Gasteiger partial charge on any atom is 0.270 e. The van der Waals surface area contributed by atoms with Gasteiger partial charge >= 0.3 is 0 Å². The average Bonchev–Trinajstić information content (AvgIpc) is 3.10. The molecular weight excluding hydrogens is 354 g/mol. The maximum atomic E-state index is 12.2. The van der Waals surface area contributed by atoms with Gasteiger partial charge < -0.3 is 5.32 Å². The highest BCUT2D eigenvalue weighted by Gasteiger charge is 2.35. The van der Waals surface area contributed by atoms with E-state index in [4.69, 9.17) is 0 Å². The number of benzene rings is 2. The number of halogens is 1. The summed E-state index contributed by atoms with van der Waals surface area (Å²) in [6.45, 7) is 2.05. The van der Waals surface area contributed by atoms with Crippen LogP contribution in [0.2, 0.25) is 0 Å². The molecule has 0 saturated carbocycles. The van der Waals surface area contributed by atoms with E-state index in [0.29, 0.717) is 5.69 Å². The van der Waals surface area contributed by atoms with Gasteiger partial charge in [-0.3, -0.25) is 9.89 Å². The van der Waals surface area contributed by atoms with E-state index >= 15 is 0 Å². The van der Waals surface area contributed by atoms with Crippen molar-refractivity contribution >= 4 is 21.8 Å². The van der Waals surface area contributed by atoms with Gasteiger partial charge in [0.05, 0.1) is 11.7 Å². The van der Waals surface area contributed by atoms with Crippen LogP contribution in [0.15, 0.2) is 53.0 Å². The van der Waals surface area contributed by atoms with Crippen LogP contribution in [0, 0.1) is 6.92 Å². The van der Waals surface area contributed by atoms with Crippen molar-refractivity contribution in [2.75, 3.05) is 0 Å². The van der Waals surface area contributed by atoms with Gasteiger partial charge in [-0.25, -0.2) is 0 Å². The van der Waals surface area contributed by atoms with E-state index in [-0.39, 0.29) is 11.9 Å². The van der Waals surface area contributed by atoms with Gasteiger partial charge in [0.1, 0.15) is 5.69 Å². The molecule has 4 nitrogen and oxygen atoms in total. The first-order valence-electron chi connectivity index (χ1n) is 7.35. The molecule has 1 atom stereocenters. The zero-order valence-electron chi connectivity index (χ0n) is 12.4. The minimum Gasteiger partial charge on any atom is -0.340 e. The molecule has 2 aromatic carbocycles. The lowest BCUT2D eigenvalue weighted by atomic mass is 9.96. The van der Waals surface area contributed by atoms with Crippen molar-refractivity contribution < 1.29 is 4.79 Å². The molecule has 1 aromatic heterocycles. The van der Waals surface area contributed by atoms with Crippen LogP contribution in [0.1, 0.15) is 33.2 Å². The lowest BCUT2D eigenvalue weighted by molar-refractivity contribution is 0.0955. The van der Waals surface area contributed by atoms with Crippen molar-refractivity contribution in [1.29, 1.82) is 0 Å². The molecule has 2 N–H and O–H groups in total. The number of fused-ring (bicyclic) bond motifs is 1. The zero-order valence-corrected chi connectivity index (χ0v) is 14.0. The van der Waals surface area contributed by atoms with E-state index in [1.165, 1.54) is 5.56 Å². The van der Waals surface area contributed by atoms with Crippen LogP contribution >= 0.6 is 15.9 Å². The van der Waals surface area contributed by atoms with Crippen LogP contribution in [0.3, 0.4) is 0 Å². The molecule has 1 aliphatic heterocycles. The minimum atomic E-state index is -0.190. The summed E-state index contributed by atoms with van der Waals surface area (Å²) in [5.74, 6) is -0.115. The predicted molar refractivity (Wildman–Crippen MR) is 92.2 cm³/mol. The quantitative estimate of drug-likeness (QED) is 0.719. The Morgan fingerprint density at radius 1 is 1.13 bits per heavy atom. The fourth-order valence-corrected chi connectivity index (χ4v) is 3.36. The Morgan fingerprint density at radius 3 is 2.65 bits per heavy atom. The monoisotopic (exact) mass is 367 g/mol. The minimum absolute atomic E-state index is 0.115. The number of carbonyl (C=O) groups excluding carboxylic acids is 1. The lowest BCUT2D eigenvalue weighted by Gasteiger charge is -2.13. The molecule has 0 aliphatic carbocycles. The first-order valence-corrected chi connectivity index (χ1v) is 8.14. The Bertz CT molecular complexity index is 899. The van der Waals surface area contributed by atoms with Crippen LogP contribution < -0.4 is 5.32 Å². The van der Waals surface area contributed by atoms with Crippen LogP contribution in [0.25, 0.3) is 11.3 Å². The fourth-order valence-electron chi connectivity index (χ4n) is 2.95. The number of carbonyl (C=O) groups is 1. The Hall–Kier alpha value is -2.40. The number of hydrogen-bond donors (Lipinski definition) is 2. The number of nitrogens with one attached hydrogen (secondary N) is 2. The maximum absolute atomic E-state index is 12.2. The highest BCUT2D eigenvalue weighted by atomic mass is 79.9. The predicted octanol–water partition coefficient (Wildman–Crippen LogP) is 3.98. The number of rotatable bonds is 2. The van der Waals surface area contributed by atoms with Gasteiger partial charge in [-0.1, -0.05) is 57.9 Å². The molecule has 4 rings (SSSR count). The molecule has 1 aliphatic rings. The summed E-state index contributed by atoms with van der Waals surface area (Å²) >= 11 is 3.49. The van der Waals surface area contributed by atoms with Crippen LogP contribution in [-0.4, -0.2) is 16.1 Å². The Labute approximate surface area is 142 Å². The second-order valence-electron chi connectivity index (χ2n) is 5.69. The van der Waals surface area contributed by atoms with Crippen molar-refractivity contribution in [2.45, 2.75) is 13.0 Å². The molecule has 5 heteroatoms. The Balaban J connectivity index is 1.86. The second-order valence-corrected chi connectivity index (χ2v) is 6.60. The van der Waals surface area contributed by atoms with Gasteiger partial charge in [-0.15, -0.1) is 0 Å². The van der Waals surface area contributed by atoms with Gasteiger partial charge in [0.2, 0.25) is 0 Å². The van der Waals surface area contributed by atoms with Crippen molar-refractivity contribution in [3.8, 4) is 11.3 Å². The van der Waals surface area contributed by atoms with E-state index in [1.54, 1.807) is 0 Å². The normalized spacial score (nSPS) is 16.3. The van der Waals surface area contributed by atoms with Crippen molar-refractivity contribution in [3.05, 3.63) is 75.4 Å². The van der Waals surface area contributed by atoms with E-state index < -0.39 is 0 Å². The summed E-state index contributed by atoms with van der Waals surface area (Å²) in [6, 6.07) is 15.9. The van der Waals surface area contributed by atoms with Gasteiger partial charge in [0.25, 0.3) is 5.91 Å². The van der Waals surface area contributed by atoms with E-state index in [9.17, 15) is 4.79 Å². The molecule has 0 fully saturated rings. The molecule has 23 heavy (non-hydrogen) atoms. The molecule has 1 amide bonds. The van der Waals surface area contributed by atoms with E-state index in [1.807, 2.05) is 43.3 Å². The van der Waals surface area contributed by atoms with Crippen molar-refractivity contribution in [3.63, 3.8) is 0 Å². The summed E-state index contributed by atoms with van der Waals surface area (Å²) in [5.41, 5.74) is 5.51. The highest BCUT2D eigenvalue weighted by molar-refractivity contribution is 9.10. The number of amides is 1. The SMILES string of the molecule is Cc1ccc(-c2n[nH]c3c2[C@@H](c2cccc(Br)c2)NC3=O)cc1. The van der Waals surface area contributed by atoms with Gasteiger partial charge in [0.15, 0.2) is 0 Å². The third-order valence-electron chi connectivity index (χ3n) is 4.10. The molecular formula is C18H14BrN3O. The number of H-pyrrole nitrogens is 1. The molecule has 3 aromatic rings. The van der Waals surface area contributed by atoms with Crippen molar-refractivity contribution in [1.82, 2.24) is 15.5 Å². The summed E-state index contributed by atoms with van der Waals surface area (Å²) < 4.78 is 0.984. The molecule has 0 radical (unpaired) electrons. The van der Waals surface area contributed by atoms with Crippen molar-refractivity contribution in [2.24, 2.45) is 0 Å². The molecule has 2 heterocycles. The van der Waals surface area contributed by atoms with Crippen LogP contribution in [0.5, 0.6) is 0 Å². The van der Waals surface area contributed by atoms with E-state index in [0.717, 1.165) is 26.9 Å². The van der Waals surface area contributed by atoms with Gasteiger partial charge in [0, 0.05) is 15.6 Å².